The topological polar surface area (TPSA) is 47.1 Å². The van der Waals surface area contributed by atoms with Crippen LogP contribution in [-0.2, 0) is 6.54 Å². The standard InChI is InChI=1S/C12H20N4.2ClH/c1-15(2)5-6-16-9-14-8-12(16)10-3-4-11(13)7-10;;/h3,8-9,11H,4-7,13H2,1-2H3;2*1H. The summed E-state index contributed by atoms with van der Waals surface area (Å²) in [5, 5.41) is 0. The lowest BCUT2D eigenvalue weighted by atomic mass is 10.1. The molecule has 2 rings (SSSR count). The third-order valence-corrected chi connectivity index (χ3v) is 2.98. The Balaban J connectivity index is 0.00000144. The minimum atomic E-state index is 0. The number of imidazole rings is 1. The van der Waals surface area contributed by atoms with Crippen molar-refractivity contribution >= 4 is 30.4 Å². The normalized spacial score (nSPS) is 18.2. The quantitative estimate of drug-likeness (QED) is 0.920. The Kier molecular flexibility index (Phi) is 7.55. The summed E-state index contributed by atoms with van der Waals surface area (Å²) in [6, 6.07) is 0.298. The number of likely N-dealkylation sites (N-methyl/N-ethyl adjacent to an activating group) is 1. The first-order valence-corrected chi connectivity index (χ1v) is 5.76. The van der Waals surface area contributed by atoms with Crippen molar-refractivity contribution in [1.82, 2.24) is 14.5 Å². The highest BCUT2D eigenvalue weighted by Gasteiger charge is 2.17. The highest BCUT2D eigenvalue weighted by Crippen LogP contribution is 2.26. The van der Waals surface area contributed by atoms with Gasteiger partial charge in [-0.25, -0.2) is 4.98 Å². The van der Waals surface area contributed by atoms with Gasteiger partial charge in [-0.05, 0) is 32.5 Å². The minimum absolute atomic E-state index is 0. The SMILES string of the molecule is CN(C)CCn1cncc1C1=CCC(N)C1.Cl.Cl. The van der Waals surface area contributed by atoms with Crippen LogP contribution in [-0.4, -0.2) is 41.1 Å². The number of halogens is 2. The molecule has 1 unspecified atom stereocenters. The van der Waals surface area contributed by atoms with Crippen LogP contribution in [0.4, 0.5) is 0 Å². The second-order valence-electron chi connectivity index (χ2n) is 4.70. The van der Waals surface area contributed by atoms with Gasteiger partial charge < -0.3 is 15.2 Å². The lowest BCUT2D eigenvalue weighted by Crippen LogP contribution is -2.19. The van der Waals surface area contributed by atoms with Crippen molar-refractivity contribution in [2.24, 2.45) is 5.73 Å². The van der Waals surface area contributed by atoms with Gasteiger partial charge in [0.1, 0.15) is 0 Å². The lowest BCUT2D eigenvalue weighted by Gasteiger charge is -2.13. The fourth-order valence-electron chi connectivity index (χ4n) is 2.03. The molecule has 104 valence electrons. The fraction of sp³-hybridized carbons (Fsp3) is 0.583. The zero-order valence-electron chi connectivity index (χ0n) is 10.9. The minimum Gasteiger partial charge on any atom is -0.330 e. The number of hydrogen-bond acceptors (Lipinski definition) is 3. The third kappa shape index (κ3) is 4.28. The molecule has 0 saturated carbocycles. The van der Waals surface area contributed by atoms with Gasteiger partial charge in [-0.15, -0.1) is 24.8 Å². The van der Waals surface area contributed by atoms with Crippen LogP contribution in [0.15, 0.2) is 18.6 Å². The van der Waals surface area contributed by atoms with Gasteiger partial charge in [-0.3, -0.25) is 0 Å². The second-order valence-corrected chi connectivity index (χ2v) is 4.70. The van der Waals surface area contributed by atoms with E-state index in [-0.39, 0.29) is 24.8 Å². The van der Waals surface area contributed by atoms with Crippen molar-refractivity contribution in [3.05, 3.63) is 24.3 Å². The molecule has 1 aromatic rings. The smallest absolute Gasteiger partial charge is 0.0951 e. The summed E-state index contributed by atoms with van der Waals surface area (Å²) in [7, 11) is 4.17. The Morgan fingerprint density at radius 2 is 2.17 bits per heavy atom. The largest absolute Gasteiger partial charge is 0.330 e. The van der Waals surface area contributed by atoms with Gasteiger partial charge in [0.05, 0.1) is 18.2 Å². The monoisotopic (exact) mass is 292 g/mol. The maximum atomic E-state index is 5.91. The van der Waals surface area contributed by atoms with Gasteiger partial charge in [0.25, 0.3) is 0 Å². The molecule has 18 heavy (non-hydrogen) atoms. The van der Waals surface area contributed by atoms with Gasteiger partial charge in [0.2, 0.25) is 0 Å². The summed E-state index contributed by atoms with van der Waals surface area (Å²) in [5.74, 6) is 0. The van der Waals surface area contributed by atoms with Crippen molar-refractivity contribution in [2.45, 2.75) is 25.4 Å². The summed E-state index contributed by atoms with van der Waals surface area (Å²) in [6.45, 7) is 2.01. The van der Waals surface area contributed by atoms with E-state index in [1.807, 2.05) is 12.5 Å². The molecule has 0 aliphatic heterocycles. The first kappa shape index (κ1) is 17.4. The number of rotatable bonds is 4. The summed E-state index contributed by atoms with van der Waals surface area (Å²) >= 11 is 0. The molecule has 1 atom stereocenters. The van der Waals surface area contributed by atoms with Crippen LogP contribution in [0.5, 0.6) is 0 Å². The zero-order chi connectivity index (χ0) is 11.5. The molecule has 1 aromatic heterocycles. The Labute approximate surface area is 121 Å². The number of nitrogens with zero attached hydrogens (tertiary/aromatic N) is 3. The molecule has 0 amide bonds. The summed E-state index contributed by atoms with van der Waals surface area (Å²) in [6.07, 6.45) is 8.07. The van der Waals surface area contributed by atoms with Crippen LogP contribution in [0.3, 0.4) is 0 Å². The predicted octanol–water partition coefficient (Wildman–Crippen LogP) is 1.79. The molecule has 0 aromatic carbocycles. The average Bonchev–Trinajstić information content (AvgIpc) is 2.82. The Bertz CT molecular complexity index is 387. The molecule has 0 radical (unpaired) electrons. The van der Waals surface area contributed by atoms with E-state index in [1.165, 1.54) is 11.3 Å². The van der Waals surface area contributed by atoms with Gasteiger partial charge in [-0.1, -0.05) is 6.08 Å². The lowest BCUT2D eigenvalue weighted by molar-refractivity contribution is 0.383. The van der Waals surface area contributed by atoms with E-state index < -0.39 is 0 Å². The average molecular weight is 293 g/mol. The molecule has 0 fully saturated rings. The molecular formula is C12H22Cl2N4. The van der Waals surface area contributed by atoms with Gasteiger partial charge in [0, 0.05) is 19.1 Å². The molecule has 0 saturated heterocycles. The zero-order valence-corrected chi connectivity index (χ0v) is 12.5. The van der Waals surface area contributed by atoms with Gasteiger partial charge in [0.15, 0.2) is 0 Å². The van der Waals surface area contributed by atoms with E-state index in [9.17, 15) is 0 Å². The van der Waals surface area contributed by atoms with Crippen LogP contribution in [0, 0.1) is 0 Å². The maximum absolute atomic E-state index is 5.91. The van der Waals surface area contributed by atoms with Crippen molar-refractivity contribution in [1.29, 1.82) is 0 Å². The van der Waals surface area contributed by atoms with Crippen molar-refractivity contribution < 1.29 is 0 Å². The summed E-state index contributed by atoms with van der Waals surface area (Å²) < 4.78 is 2.21. The van der Waals surface area contributed by atoms with Crippen molar-refractivity contribution in [2.75, 3.05) is 20.6 Å². The fourth-order valence-corrected chi connectivity index (χ4v) is 2.03. The first-order chi connectivity index (χ1) is 7.66. The van der Waals surface area contributed by atoms with Crippen molar-refractivity contribution in [3.8, 4) is 0 Å². The Morgan fingerprint density at radius 3 is 2.72 bits per heavy atom. The molecule has 6 heteroatoms. The third-order valence-electron chi connectivity index (χ3n) is 2.98. The molecule has 1 aliphatic rings. The Hall–Kier alpha value is -0.550. The first-order valence-electron chi connectivity index (χ1n) is 5.76. The number of nitrogens with two attached hydrogens (primary N) is 1. The molecule has 1 heterocycles. The van der Waals surface area contributed by atoms with Crippen LogP contribution in [0.25, 0.3) is 5.57 Å². The van der Waals surface area contributed by atoms with Crippen molar-refractivity contribution in [3.63, 3.8) is 0 Å². The summed E-state index contributed by atoms with van der Waals surface area (Å²) in [4.78, 5) is 6.41. The summed E-state index contributed by atoms with van der Waals surface area (Å²) in [5.41, 5.74) is 8.50. The van der Waals surface area contributed by atoms with E-state index in [4.69, 9.17) is 5.73 Å². The number of aromatic nitrogens is 2. The van der Waals surface area contributed by atoms with E-state index in [0.717, 1.165) is 25.9 Å². The van der Waals surface area contributed by atoms with E-state index in [1.54, 1.807) is 0 Å². The highest BCUT2D eigenvalue weighted by molar-refractivity contribution is 5.85. The van der Waals surface area contributed by atoms with Crippen LogP contribution in [0.2, 0.25) is 0 Å². The molecule has 2 N–H and O–H groups in total. The van der Waals surface area contributed by atoms with Gasteiger partial charge in [-0.2, -0.15) is 0 Å². The van der Waals surface area contributed by atoms with E-state index in [0.29, 0.717) is 6.04 Å². The maximum Gasteiger partial charge on any atom is 0.0951 e. The van der Waals surface area contributed by atoms with Crippen LogP contribution < -0.4 is 5.73 Å². The van der Waals surface area contributed by atoms with E-state index in [2.05, 4.69) is 34.6 Å². The highest BCUT2D eigenvalue weighted by atomic mass is 35.5. The van der Waals surface area contributed by atoms with Crippen LogP contribution in [0.1, 0.15) is 18.5 Å². The molecule has 4 nitrogen and oxygen atoms in total. The van der Waals surface area contributed by atoms with Crippen LogP contribution >= 0.6 is 24.8 Å². The van der Waals surface area contributed by atoms with Gasteiger partial charge >= 0.3 is 0 Å². The predicted molar refractivity (Wildman–Crippen MR) is 80.5 cm³/mol. The molecule has 0 spiro atoms. The number of hydrogen-bond donors (Lipinski definition) is 1. The van der Waals surface area contributed by atoms with E-state index >= 15 is 0 Å². The second kappa shape index (κ2) is 7.79. The molecule has 0 bridgehead atoms. The molecule has 1 aliphatic carbocycles. The Morgan fingerprint density at radius 1 is 1.44 bits per heavy atom. The molecular weight excluding hydrogens is 271 g/mol.